The Hall–Kier alpha value is -2.53. The molecule has 0 atom stereocenters. The second-order valence-electron chi connectivity index (χ2n) is 10.2. The molecule has 1 saturated carbocycles. The van der Waals surface area contributed by atoms with Crippen molar-refractivity contribution in [3.63, 3.8) is 0 Å². The van der Waals surface area contributed by atoms with Gasteiger partial charge in [0.15, 0.2) is 0 Å². The molecular formula is C29H40N4O. The molecule has 5 nitrogen and oxygen atoms in total. The number of hydrogen-bond donors (Lipinski definition) is 2. The Morgan fingerprint density at radius 1 is 0.941 bits per heavy atom. The Morgan fingerprint density at radius 2 is 1.74 bits per heavy atom. The summed E-state index contributed by atoms with van der Waals surface area (Å²) in [6.45, 7) is 5.04. The number of aromatic amines is 1. The SMILES string of the molecule is c1cc(OCCN2CCCCC2)ccc1CNc1ccc2nc(CCC3CCCCC3)[nH]c2c1. The molecule has 1 aromatic heterocycles. The molecule has 3 aromatic rings. The van der Waals surface area contributed by atoms with E-state index in [1.807, 2.05) is 0 Å². The minimum absolute atomic E-state index is 0.768. The maximum Gasteiger partial charge on any atom is 0.119 e. The Bertz CT molecular complexity index is 1020. The van der Waals surface area contributed by atoms with Crippen LogP contribution < -0.4 is 10.1 Å². The molecule has 0 spiro atoms. The number of piperidine rings is 1. The summed E-state index contributed by atoms with van der Waals surface area (Å²) in [4.78, 5) is 10.9. The first-order valence-corrected chi connectivity index (χ1v) is 13.5. The van der Waals surface area contributed by atoms with Crippen molar-refractivity contribution < 1.29 is 4.74 Å². The number of nitrogens with zero attached hydrogens (tertiary/aromatic N) is 2. The highest BCUT2D eigenvalue weighted by Crippen LogP contribution is 2.27. The van der Waals surface area contributed by atoms with Gasteiger partial charge in [0.2, 0.25) is 0 Å². The summed E-state index contributed by atoms with van der Waals surface area (Å²) in [5.41, 5.74) is 4.56. The number of benzene rings is 2. The number of aryl methyl sites for hydroxylation is 1. The smallest absolute Gasteiger partial charge is 0.119 e. The van der Waals surface area contributed by atoms with Crippen LogP contribution in [0.4, 0.5) is 5.69 Å². The molecule has 2 fully saturated rings. The summed E-state index contributed by atoms with van der Waals surface area (Å²) in [5, 5.41) is 3.56. The van der Waals surface area contributed by atoms with Gasteiger partial charge in [0, 0.05) is 25.2 Å². The number of aromatic nitrogens is 2. The van der Waals surface area contributed by atoms with Crippen LogP contribution in [0, 0.1) is 5.92 Å². The lowest BCUT2D eigenvalue weighted by molar-refractivity contribution is 0.183. The van der Waals surface area contributed by atoms with Crippen LogP contribution in [-0.2, 0) is 13.0 Å². The molecule has 5 rings (SSSR count). The molecule has 1 aliphatic heterocycles. The summed E-state index contributed by atoms with van der Waals surface area (Å²) in [6, 6.07) is 14.9. The molecule has 0 amide bonds. The maximum absolute atomic E-state index is 5.96. The van der Waals surface area contributed by atoms with E-state index < -0.39 is 0 Å². The third-order valence-electron chi connectivity index (χ3n) is 7.59. The van der Waals surface area contributed by atoms with Crippen molar-refractivity contribution in [2.45, 2.75) is 70.8 Å². The van der Waals surface area contributed by atoms with Crippen LogP contribution in [-0.4, -0.2) is 41.1 Å². The number of nitrogens with one attached hydrogen (secondary N) is 2. The van der Waals surface area contributed by atoms with Crippen LogP contribution in [0.2, 0.25) is 0 Å². The van der Waals surface area contributed by atoms with Crippen LogP contribution in [0.3, 0.4) is 0 Å². The summed E-state index contributed by atoms with van der Waals surface area (Å²) in [5.74, 6) is 2.99. The van der Waals surface area contributed by atoms with Crippen molar-refractivity contribution in [3.8, 4) is 5.75 Å². The third-order valence-corrected chi connectivity index (χ3v) is 7.59. The lowest BCUT2D eigenvalue weighted by Gasteiger charge is -2.26. The highest BCUT2D eigenvalue weighted by molar-refractivity contribution is 5.79. The van der Waals surface area contributed by atoms with Gasteiger partial charge in [-0.05, 0) is 74.2 Å². The van der Waals surface area contributed by atoms with Crippen LogP contribution in [0.1, 0.15) is 69.2 Å². The minimum atomic E-state index is 0.768. The summed E-state index contributed by atoms with van der Waals surface area (Å²) in [7, 11) is 0. The van der Waals surface area contributed by atoms with Gasteiger partial charge in [-0.2, -0.15) is 0 Å². The number of rotatable bonds is 10. The Labute approximate surface area is 204 Å². The quantitative estimate of drug-likeness (QED) is 0.360. The van der Waals surface area contributed by atoms with Crippen LogP contribution in [0.5, 0.6) is 5.75 Å². The van der Waals surface area contributed by atoms with Gasteiger partial charge in [-0.15, -0.1) is 0 Å². The van der Waals surface area contributed by atoms with Crippen LogP contribution in [0.25, 0.3) is 11.0 Å². The summed E-state index contributed by atoms with van der Waals surface area (Å²) < 4.78 is 5.96. The van der Waals surface area contributed by atoms with Gasteiger partial charge in [-0.3, -0.25) is 4.90 Å². The molecule has 2 heterocycles. The molecule has 2 aliphatic rings. The highest BCUT2D eigenvalue weighted by Gasteiger charge is 2.14. The number of likely N-dealkylation sites (tertiary alicyclic amines) is 1. The number of H-pyrrole nitrogens is 1. The van der Waals surface area contributed by atoms with Gasteiger partial charge in [0.25, 0.3) is 0 Å². The number of fused-ring (bicyclic) bond motifs is 1. The molecule has 5 heteroatoms. The van der Waals surface area contributed by atoms with E-state index in [0.29, 0.717) is 0 Å². The standard InChI is InChI=1S/C29H40N4O/c1-3-7-23(8-4-1)11-16-29-31-27-15-12-25(21-28(27)32-29)30-22-24-9-13-26(14-10-24)34-20-19-33-17-5-2-6-18-33/h9-10,12-15,21,23,30H,1-8,11,16-20,22H2,(H,31,32). The number of anilines is 1. The van der Waals surface area contributed by atoms with Crippen molar-refractivity contribution in [2.24, 2.45) is 5.92 Å². The fraction of sp³-hybridized carbons (Fsp3) is 0.552. The molecule has 1 saturated heterocycles. The first-order chi connectivity index (χ1) is 16.8. The zero-order valence-electron chi connectivity index (χ0n) is 20.5. The van der Waals surface area contributed by atoms with E-state index in [4.69, 9.17) is 9.72 Å². The van der Waals surface area contributed by atoms with Gasteiger partial charge in [-0.25, -0.2) is 4.98 Å². The lowest BCUT2D eigenvalue weighted by Crippen LogP contribution is -2.33. The van der Waals surface area contributed by atoms with Crippen LogP contribution in [0.15, 0.2) is 42.5 Å². The van der Waals surface area contributed by atoms with E-state index in [9.17, 15) is 0 Å². The number of hydrogen-bond acceptors (Lipinski definition) is 4. The molecular weight excluding hydrogens is 420 g/mol. The maximum atomic E-state index is 5.96. The summed E-state index contributed by atoms with van der Waals surface area (Å²) in [6.07, 6.45) is 13.4. The van der Waals surface area contributed by atoms with Crippen molar-refractivity contribution >= 4 is 16.7 Å². The molecule has 2 aromatic carbocycles. The fourth-order valence-corrected chi connectivity index (χ4v) is 5.49. The van der Waals surface area contributed by atoms with Crippen molar-refractivity contribution in [1.29, 1.82) is 0 Å². The largest absolute Gasteiger partial charge is 0.492 e. The second kappa shape index (κ2) is 11.7. The Morgan fingerprint density at radius 3 is 2.56 bits per heavy atom. The zero-order valence-corrected chi connectivity index (χ0v) is 20.5. The van der Waals surface area contributed by atoms with Crippen molar-refractivity contribution in [2.75, 3.05) is 31.6 Å². The predicted molar refractivity (Wildman–Crippen MR) is 141 cm³/mol. The molecule has 34 heavy (non-hydrogen) atoms. The van der Waals surface area contributed by atoms with Gasteiger partial charge in [0.05, 0.1) is 11.0 Å². The molecule has 0 radical (unpaired) electrons. The predicted octanol–water partition coefficient (Wildman–Crippen LogP) is 6.55. The lowest BCUT2D eigenvalue weighted by atomic mass is 9.86. The number of imidazole rings is 1. The molecule has 0 bridgehead atoms. The van der Waals surface area contributed by atoms with E-state index in [2.05, 4.69) is 57.7 Å². The van der Waals surface area contributed by atoms with E-state index in [1.54, 1.807) is 0 Å². The Balaban J connectivity index is 1.08. The van der Waals surface area contributed by atoms with Gasteiger partial charge >= 0.3 is 0 Å². The molecule has 0 unspecified atom stereocenters. The molecule has 2 N–H and O–H groups in total. The van der Waals surface area contributed by atoms with Crippen LogP contribution >= 0.6 is 0 Å². The van der Waals surface area contributed by atoms with Gasteiger partial charge < -0.3 is 15.0 Å². The van der Waals surface area contributed by atoms with E-state index in [0.717, 1.165) is 60.3 Å². The molecule has 182 valence electrons. The monoisotopic (exact) mass is 460 g/mol. The molecule has 1 aliphatic carbocycles. The minimum Gasteiger partial charge on any atom is -0.492 e. The van der Waals surface area contributed by atoms with E-state index in [1.165, 1.54) is 76.4 Å². The average Bonchev–Trinajstić information content (AvgIpc) is 3.30. The van der Waals surface area contributed by atoms with Crippen molar-refractivity contribution in [1.82, 2.24) is 14.9 Å². The van der Waals surface area contributed by atoms with E-state index >= 15 is 0 Å². The Kier molecular flexibility index (Phi) is 8.02. The van der Waals surface area contributed by atoms with Crippen molar-refractivity contribution in [3.05, 3.63) is 53.9 Å². The van der Waals surface area contributed by atoms with Gasteiger partial charge in [-0.1, -0.05) is 50.7 Å². The zero-order chi connectivity index (χ0) is 23.0. The average molecular weight is 461 g/mol. The third kappa shape index (κ3) is 6.53. The fourth-order valence-electron chi connectivity index (χ4n) is 5.49. The summed E-state index contributed by atoms with van der Waals surface area (Å²) >= 11 is 0. The van der Waals surface area contributed by atoms with Gasteiger partial charge in [0.1, 0.15) is 18.2 Å². The second-order valence-corrected chi connectivity index (χ2v) is 10.2. The first kappa shape index (κ1) is 23.2. The number of ether oxygens (including phenoxy) is 1. The normalized spacial score (nSPS) is 17.8. The topological polar surface area (TPSA) is 53.2 Å². The van der Waals surface area contributed by atoms with E-state index in [-0.39, 0.29) is 0 Å². The highest BCUT2D eigenvalue weighted by atomic mass is 16.5. The first-order valence-electron chi connectivity index (χ1n) is 13.5.